The molecule has 1 atom stereocenters. The standard InChI is InChI=1S/C52H82O6/c1-4-7-10-13-16-19-21-23-25-27-28-30-33-36-39-42-45-51(54)57-48-49(47-56-50(53)44-41-38-35-32-18-15-12-9-6-3)58-52(55)46-43-40-37-34-31-29-26-24-22-20-17-14-11-8-5-2/h7-8,10-11,14,16-17,19-20,22-26,29,31-32,35,49H,4-6,9,12-13,15,18,21,27-28,30,33-34,36-48H2,1-3H3/b10-7-,11-8-,17-14-,19-16-,22-20-,25-23-,26-24-,31-29-,35-32-. The predicted molar refractivity (Wildman–Crippen MR) is 247 cm³/mol. The molecule has 0 radical (unpaired) electrons. The van der Waals surface area contributed by atoms with Gasteiger partial charge in [-0.15, -0.1) is 0 Å². The number of hydrogen-bond donors (Lipinski definition) is 0. The van der Waals surface area contributed by atoms with Gasteiger partial charge in [0.2, 0.25) is 0 Å². The maximum atomic E-state index is 12.7. The van der Waals surface area contributed by atoms with Crippen LogP contribution >= 0.6 is 0 Å². The number of esters is 3. The molecular formula is C52H82O6. The van der Waals surface area contributed by atoms with Gasteiger partial charge in [-0.1, -0.05) is 182 Å². The van der Waals surface area contributed by atoms with Gasteiger partial charge in [-0.25, -0.2) is 0 Å². The molecule has 0 saturated carbocycles. The smallest absolute Gasteiger partial charge is 0.306 e. The number of ether oxygens (including phenoxy) is 3. The summed E-state index contributed by atoms with van der Waals surface area (Å²) in [6, 6.07) is 0. The Morgan fingerprint density at radius 1 is 0.379 bits per heavy atom. The highest BCUT2D eigenvalue weighted by Crippen LogP contribution is 2.12. The van der Waals surface area contributed by atoms with Crippen molar-refractivity contribution in [2.24, 2.45) is 0 Å². The average Bonchev–Trinajstić information content (AvgIpc) is 3.22. The second-order valence-electron chi connectivity index (χ2n) is 14.7. The van der Waals surface area contributed by atoms with Crippen molar-refractivity contribution in [1.29, 1.82) is 0 Å². The highest BCUT2D eigenvalue weighted by Gasteiger charge is 2.19. The molecule has 0 aliphatic heterocycles. The van der Waals surface area contributed by atoms with Crippen molar-refractivity contribution in [3.05, 3.63) is 109 Å². The van der Waals surface area contributed by atoms with Crippen LogP contribution in [0, 0.1) is 0 Å². The van der Waals surface area contributed by atoms with Gasteiger partial charge in [0.05, 0.1) is 0 Å². The first-order valence-corrected chi connectivity index (χ1v) is 23.0. The lowest BCUT2D eigenvalue weighted by Crippen LogP contribution is -2.30. The molecule has 0 aliphatic carbocycles. The quantitative estimate of drug-likeness (QED) is 0.0202. The second-order valence-corrected chi connectivity index (χ2v) is 14.7. The largest absolute Gasteiger partial charge is 0.462 e. The van der Waals surface area contributed by atoms with Crippen molar-refractivity contribution in [3.8, 4) is 0 Å². The summed E-state index contributed by atoms with van der Waals surface area (Å²) in [5.41, 5.74) is 0. The average molecular weight is 803 g/mol. The number of carbonyl (C=O) groups is 3. The Labute approximate surface area is 355 Å². The molecule has 0 aliphatic rings. The minimum absolute atomic E-state index is 0.114. The van der Waals surface area contributed by atoms with Gasteiger partial charge in [-0.2, -0.15) is 0 Å². The van der Waals surface area contributed by atoms with Gasteiger partial charge < -0.3 is 14.2 Å². The van der Waals surface area contributed by atoms with E-state index >= 15 is 0 Å². The Morgan fingerprint density at radius 3 is 1.36 bits per heavy atom. The molecule has 0 spiro atoms. The molecule has 58 heavy (non-hydrogen) atoms. The van der Waals surface area contributed by atoms with Crippen molar-refractivity contribution in [3.63, 3.8) is 0 Å². The molecule has 0 fully saturated rings. The van der Waals surface area contributed by atoms with Crippen molar-refractivity contribution in [1.82, 2.24) is 0 Å². The van der Waals surface area contributed by atoms with Gasteiger partial charge in [0, 0.05) is 19.3 Å². The first-order valence-electron chi connectivity index (χ1n) is 23.0. The van der Waals surface area contributed by atoms with E-state index in [1.807, 2.05) is 48.6 Å². The zero-order valence-corrected chi connectivity index (χ0v) is 37.0. The highest BCUT2D eigenvalue weighted by atomic mass is 16.6. The van der Waals surface area contributed by atoms with E-state index in [4.69, 9.17) is 14.2 Å². The molecule has 0 aromatic carbocycles. The maximum absolute atomic E-state index is 12.7. The normalized spacial score (nSPS) is 13.1. The number of allylic oxidation sites excluding steroid dienone is 18. The van der Waals surface area contributed by atoms with Crippen LogP contribution in [0.15, 0.2) is 109 Å². The van der Waals surface area contributed by atoms with E-state index in [0.717, 1.165) is 89.9 Å². The van der Waals surface area contributed by atoms with Gasteiger partial charge in [-0.05, 0) is 89.9 Å². The van der Waals surface area contributed by atoms with Crippen LogP contribution in [0.25, 0.3) is 0 Å². The van der Waals surface area contributed by atoms with Crippen LogP contribution in [-0.4, -0.2) is 37.2 Å². The molecule has 1 unspecified atom stereocenters. The summed E-state index contributed by atoms with van der Waals surface area (Å²) in [6.07, 6.45) is 60.8. The third-order valence-electron chi connectivity index (χ3n) is 9.12. The molecule has 0 bridgehead atoms. The highest BCUT2D eigenvalue weighted by molar-refractivity contribution is 5.71. The summed E-state index contributed by atoms with van der Waals surface area (Å²) in [5, 5.41) is 0. The Kier molecular flexibility index (Phi) is 42.7. The third-order valence-corrected chi connectivity index (χ3v) is 9.12. The van der Waals surface area contributed by atoms with Gasteiger partial charge in [0.1, 0.15) is 13.2 Å². The first kappa shape index (κ1) is 54.1. The molecule has 6 nitrogen and oxygen atoms in total. The minimum Gasteiger partial charge on any atom is -0.462 e. The van der Waals surface area contributed by atoms with Crippen LogP contribution in [-0.2, 0) is 28.6 Å². The minimum atomic E-state index is -0.816. The van der Waals surface area contributed by atoms with Crippen molar-refractivity contribution >= 4 is 17.9 Å². The van der Waals surface area contributed by atoms with E-state index in [2.05, 4.69) is 81.5 Å². The molecular weight excluding hydrogens is 721 g/mol. The molecule has 0 amide bonds. The number of rotatable bonds is 39. The van der Waals surface area contributed by atoms with Gasteiger partial charge in [0.15, 0.2) is 6.10 Å². The lowest BCUT2D eigenvalue weighted by Gasteiger charge is -2.18. The summed E-state index contributed by atoms with van der Waals surface area (Å²) in [4.78, 5) is 37.7. The van der Waals surface area contributed by atoms with Crippen LogP contribution in [0.2, 0.25) is 0 Å². The van der Waals surface area contributed by atoms with Crippen LogP contribution in [0.3, 0.4) is 0 Å². The molecule has 6 heteroatoms. The number of carbonyl (C=O) groups excluding carboxylic acids is 3. The monoisotopic (exact) mass is 803 g/mol. The topological polar surface area (TPSA) is 78.9 Å². The predicted octanol–water partition coefficient (Wildman–Crippen LogP) is 14.8. The molecule has 0 aromatic rings. The SMILES string of the molecule is CC\C=C/C=C\C=C/C=C\C=C/CCCCCC(=O)OC(COC(=O)CCC/C=C\CCCCCC)COC(=O)CCCCCCCC/C=C\C/C=C\C/C=C\CC. The fraction of sp³-hybridized carbons (Fsp3) is 0.596. The lowest BCUT2D eigenvalue weighted by atomic mass is 10.1. The second kappa shape index (κ2) is 45.8. The Morgan fingerprint density at radius 2 is 0.776 bits per heavy atom. The zero-order chi connectivity index (χ0) is 42.3. The van der Waals surface area contributed by atoms with E-state index in [1.54, 1.807) is 0 Å². The molecule has 0 aromatic heterocycles. The van der Waals surface area contributed by atoms with Crippen LogP contribution in [0.1, 0.15) is 181 Å². The summed E-state index contributed by atoms with van der Waals surface area (Å²) >= 11 is 0. The molecule has 0 rings (SSSR count). The summed E-state index contributed by atoms with van der Waals surface area (Å²) in [7, 11) is 0. The maximum Gasteiger partial charge on any atom is 0.306 e. The third kappa shape index (κ3) is 43.2. The molecule has 0 saturated heterocycles. The Hall–Kier alpha value is -3.93. The fourth-order valence-electron chi connectivity index (χ4n) is 5.71. The summed E-state index contributed by atoms with van der Waals surface area (Å²) in [6.45, 7) is 6.24. The van der Waals surface area contributed by atoms with Gasteiger partial charge in [-0.3, -0.25) is 14.4 Å². The molecule has 0 heterocycles. The van der Waals surface area contributed by atoms with E-state index in [0.29, 0.717) is 25.7 Å². The van der Waals surface area contributed by atoms with Crippen LogP contribution in [0.4, 0.5) is 0 Å². The number of unbranched alkanes of at least 4 members (excludes halogenated alkanes) is 14. The van der Waals surface area contributed by atoms with Gasteiger partial charge >= 0.3 is 17.9 Å². The Bertz CT molecular complexity index is 1240. The fourth-order valence-corrected chi connectivity index (χ4v) is 5.71. The zero-order valence-electron chi connectivity index (χ0n) is 37.0. The van der Waals surface area contributed by atoms with E-state index in [-0.39, 0.29) is 37.5 Å². The summed E-state index contributed by atoms with van der Waals surface area (Å²) < 4.78 is 16.6. The number of hydrogen-bond acceptors (Lipinski definition) is 6. The lowest BCUT2D eigenvalue weighted by molar-refractivity contribution is -0.167. The van der Waals surface area contributed by atoms with Gasteiger partial charge in [0.25, 0.3) is 0 Å². The van der Waals surface area contributed by atoms with Crippen LogP contribution < -0.4 is 0 Å². The van der Waals surface area contributed by atoms with Crippen molar-refractivity contribution in [2.75, 3.05) is 13.2 Å². The molecule has 326 valence electrons. The van der Waals surface area contributed by atoms with E-state index in [1.165, 1.54) is 38.5 Å². The Balaban J connectivity index is 4.50. The van der Waals surface area contributed by atoms with Crippen LogP contribution in [0.5, 0.6) is 0 Å². The van der Waals surface area contributed by atoms with E-state index < -0.39 is 6.10 Å². The van der Waals surface area contributed by atoms with Crippen molar-refractivity contribution in [2.45, 2.75) is 187 Å². The van der Waals surface area contributed by atoms with Crippen molar-refractivity contribution < 1.29 is 28.6 Å². The van der Waals surface area contributed by atoms with E-state index in [9.17, 15) is 14.4 Å². The molecule has 0 N–H and O–H groups in total. The first-order chi connectivity index (χ1) is 28.5. The summed E-state index contributed by atoms with van der Waals surface area (Å²) in [5.74, 6) is -1.02.